The van der Waals surface area contributed by atoms with Crippen LogP contribution in [0.2, 0.25) is 0 Å². The summed E-state index contributed by atoms with van der Waals surface area (Å²) in [6.07, 6.45) is 10.3. The quantitative estimate of drug-likeness (QED) is 0.0671. The second kappa shape index (κ2) is 47.1. The molecule has 1 aliphatic heterocycles. The molecule has 21 nitrogen and oxygen atoms in total. The van der Waals surface area contributed by atoms with Crippen LogP contribution in [0.4, 0.5) is 0 Å². The highest BCUT2D eigenvalue weighted by molar-refractivity contribution is 5.99. The molecule has 0 bridgehead atoms. The van der Waals surface area contributed by atoms with Gasteiger partial charge in [0.2, 0.25) is 29.5 Å². The lowest BCUT2D eigenvalue weighted by atomic mass is 9.82. The number of rotatable bonds is 22. The summed E-state index contributed by atoms with van der Waals surface area (Å²) in [5.41, 5.74) is 0. The summed E-state index contributed by atoms with van der Waals surface area (Å²) in [5, 5.41) is 17.5. The number of hydrogen-bond donors (Lipinski definition) is 3. The van der Waals surface area contributed by atoms with Crippen molar-refractivity contribution in [2.75, 3.05) is 47.9 Å². The van der Waals surface area contributed by atoms with Crippen LogP contribution in [0.1, 0.15) is 222 Å². The zero-order valence-corrected chi connectivity index (χ0v) is 64.7. The standard InChI is InChI=1S/C69H116N6O15.C8H16/c1-22-24-27-45(13)65(84)52-38-59(80)63(44(11)12)75(21)68(87)50(32-40(3)4)36-58(79)54(33-41(5)6)72(18)39-61(82)47(15)70-66(85)46(14)35-57(78)55(34-42(7)8)73(19)69(88)51(43(9)10)37-60(81)64(48(16)89-30-25-26-31-90-49(17)76)74(20)62(83)29-28-56(77)53(23-2)71-67(52)86;1-4-5-6-7-8(2)3/h22,24-26,40-48,50-55,63-65,84H,23,27-39H2,1-21H3,(H,70,85)(H,71,86);5-6,8H,4,7H2,1-3H3/b24-22+,26-25+;6-5+/t45-,46-,47-,48-,50-,51+,52+,53+,54+,55+,63+,64+,65-;/m1./s1. The van der Waals surface area contributed by atoms with Gasteiger partial charge in [-0.3, -0.25) is 62.4 Å². The number of amides is 5. The molecule has 1 rings (SSSR count). The number of carbonyl (C=O) groups excluding carboxylic acids is 12. The lowest BCUT2D eigenvalue weighted by Gasteiger charge is -2.36. The Morgan fingerprint density at radius 1 is 0.551 bits per heavy atom. The van der Waals surface area contributed by atoms with E-state index in [0.29, 0.717) is 12.8 Å². The summed E-state index contributed by atoms with van der Waals surface area (Å²) in [6.45, 7) is 36.0. The minimum absolute atomic E-state index is 0.0175. The van der Waals surface area contributed by atoms with Crippen molar-refractivity contribution in [1.82, 2.24) is 30.2 Å². The van der Waals surface area contributed by atoms with E-state index >= 15 is 0 Å². The first-order valence-corrected chi connectivity index (χ1v) is 36.2. The monoisotopic (exact) mass is 1380 g/mol. The SMILES string of the molecule is C/C=C/C[C@@H](C)[C@@H](O)[C@@H]1CC(=O)[C@H](C(C)C)N(C)C(=O)[C@H](CC(C)C)CC(=O)[C@H](CC(C)C)N(C)CC(=O)[C@@H](C)NC(=O)[C@H](C)CC(=O)[C@H](CC(C)C)N(C)C(=O)[C@H](C(C)C)CC(=O)[C@H]([C@@H](C)OC/C=C/COC(C)=O)N(C)C(=O)CCC(=O)[C@H](CC)NC1=O.CC/C=C/CC(C)C. The molecule has 1 aliphatic rings. The van der Waals surface area contributed by atoms with E-state index in [1.54, 1.807) is 85.6 Å². The van der Waals surface area contributed by atoms with Gasteiger partial charge in [-0.25, -0.2) is 0 Å². The minimum atomic E-state index is -1.40. The van der Waals surface area contributed by atoms with Crippen LogP contribution in [0.3, 0.4) is 0 Å². The molecule has 0 spiro atoms. The Kier molecular flexibility index (Phi) is 44.2. The van der Waals surface area contributed by atoms with E-state index in [9.17, 15) is 62.6 Å². The summed E-state index contributed by atoms with van der Waals surface area (Å²) in [6, 6.07) is -6.46. The van der Waals surface area contributed by atoms with E-state index in [4.69, 9.17) is 9.47 Å². The average molecular weight is 1380 g/mol. The van der Waals surface area contributed by atoms with Crippen LogP contribution in [0, 0.1) is 65.1 Å². The molecule has 5 amide bonds. The van der Waals surface area contributed by atoms with Crippen molar-refractivity contribution < 1.29 is 72.1 Å². The molecule has 0 saturated carbocycles. The lowest BCUT2D eigenvalue weighted by molar-refractivity contribution is -0.148. The number of ketones is 6. The third-order valence-electron chi connectivity index (χ3n) is 18.3. The number of ether oxygens (including phenoxy) is 2. The van der Waals surface area contributed by atoms with Crippen molar-refractivity contribution in [3.05, 3.63) is 36.5 Å². The highest BCUT2D eigenvalue weighted by Crippen LogP contribution is 2.30. The van der Waals surface area contributed by atoms with Crippen molar-refractivity contribution in [1.29, 1.82) is 0 Å². The smallest absolute Gasteiger partial charge is 0.302 e. The fourth-order valence-electron chi connectivity index (χ4n) is 12.4. The van der Waals surface area contributed by atoms with Crippen molar-refractivity contribution in [3.8, 4) is 0 Å². The number of esters is 1. The largest absolute Gasteiger partial charge is 0.462 e. The molecule has 3 N–H and O–H groups in total. The Hall–Kier alpha value is -6.06. The van der Waals surface area contributed by atoms with Gasteiger partial charge in [-0.15, -0.1) is 0 Å². The summed E-state index contributed by atoms with van der Waals surface area (Å²) < 4.78 is 11.1. The zero-order chi connectivity index (χ0) is 75.6. The Morgan fingerprint density at radius 2 is 1.10 bits per heavy atom. The van der Waals surface area contributed by atoms with Crippen LogP contribution in [0.25, 0.3) is 0 Å². The van der Waals surface area contributed by atoms with E-state index < -0.39 is 174 Å². The molecule has 1 saturated heterocycles. The third-order valence-corrected chi connectivity index (χ3v) is 18.3. The minimum Gasteiger partial charge on any atom is -0.462 e. The number of nitrogens with one attached hydrogen (secondary N) is 2. The van der Waals surface area contributed by atoms with Gasteiger partial charge < -0.3 is 39.9 Å². The van der Waals surface area contributed by atoms with Crippen molar-refractivity contribution in [3.63, 3.8) is 0 Å². The predicted octanol–water partition coefficient (Wildman–Crippen LogP) is 10.4. The summed E-state index contributed by atoms with van der Waals surface area (Å²) in [5.74, 6) is -11.3. The van der Waals surface area contributed by atoms with E-state index in [2.05, 4.69) is 43.6 Å². The number of aliphatic hydroxyl groups is 1. The Bertz CT molecular complexity index is 2650. The first kappa shape index (κ1) is 91.9. The molecule has 0 aliphatic carbocycles. The maximum atomic E-state index is 14.9. The third kappa shape index (κ3) is 33.0. The van der Waals surface area contributed by atoms with Gasteiger partial charge in [0.25, 0.3) is 0 Å². The van der Waals surface area contributed by atoms with Crippen molar-refractivity contribution >= 4 is 70.2 Å². The molecular formula is C77H132N6O15. The molecule has 0 unspecified atom stereocenters. The lowest BCUT2D eigenvalue weighted by Crippen LogP contribution is -2.53. The van der Waals surface area contributed by atoms with Crippen molar-refractivity contribution in [2.45, 2.75) is 270 Å². The highest BCUT2D eigenvalue weighted by Gasteiger charge is 2.43. The number of allylic oxidation sites excluding steroid dienone is 4. The van der Waals surface area contributed by atoms with Gasteiger partial charge >= 0.3 is 5.97 Å². The number of aliphatic hydroxyl groups excluding tert-OH is 1. The van der Waals surface area contributed by atoms with Gasteiger partial charge in [0.05, 0.1) is 61.5 Å². The van der Waals surface area contributed by atoms with Crippen LogP contribution in [0.5, 0.6) is 0 Å². The number of carbonyl (C=O) groups is 12. The zero-order valence-electron chi connectivity index (χ0n) is 64.7. The van der Waals surface area contributed by atoms with Crippen molar-refractivity contribution in [2.24, 2.45) is 65.1 Å². The van der Waals surface area contributed by atoms with Crippen LogP contribution in [-0.2, 0) is 67.0 Å². The molecule has 1 heterocycles. The van der Waals surface area contributed by atoms with Crippen LogP contribution >= 0.6 is 0 Å². The topological polar surface area (TPSA) is 281 Å². The van der Waals surface area contributed by atoms with Gasteiger partial charge in [-0.05, 0) is 120 Å². The van der Waals surface area contributed by atoms with Crippen LogP contribution in [-0.4, -0.2) is 191 Å². The molecule has 21 heteroatoms. The van der Waals surface area contributed by atoms with E-state index in [0.717, 1.165) is 5.92 Å². The Balaban J connectivity index is 0.0000110. The average Bonchev–Trinajstić information content (AvgIpc) is 0.827. The molecule has 98 heavy (non-hydrogen) atoms. The van der Waals surface area contributed by atoms with Crippen LogP contribution < -0.4 is 10.6 Å². The normalized spacial score (nSPS) is 25.5. The van der Waals surface area contributed by atoms with E-state index in [1.165, 1.54) is 62.5 Å². The van der Waals surface area contributed by atoms with Gasteiger partial charge in [0.15, 0.2) is 34.7 Å². The Morgan fingerprint density at radius 3 is 1.62 bits per heavy atom. The summed E-state index contributed by atoms with van der Waals surface area (Å²) in [4.78, 5) is 176. The fraction of sp³-hybridized carbons (Fsp3) is 0.766. The second-order valence-electron chi connectivity index (χ2n) is 29.8. The second-order valence-corrected chi connectivity index (χ2v) is 29.8. The Labute approximate surface area is 590 Å². The number of likely N-dealkylation sites (N-methyl/N-ethyl adjacent to an activating group) is 4. The highest BCUT2D eigenvalue weighted by atomic mass is 16.5. The number of hydrogen-bond acceptors (Lipinski definition) is 16. The molecule has 0 aromatic rings. The first-order chi connectivity index (χ1) is 45.6. The maximum Gasteiger partial charge on any atom is 0.302 e. The number of Topliss-reactive ketones (excluding diaryl/α,β-unsaturated/α-hetero) is 6. The molecule has 13 atom stereocenters. The molecule has 560 valence electrons. The molecule has 0 aromatic heterocycles. The molecule has 0 radical (unpaired) electrons. The fourth-order valence-corrected chi connectivity index (χ4v) is 12.4. The van der Waals surface area contributed by atoms with Gasteiger partial charge in [0.1, 0.15) is 12.6 Å². The van der Waals surface area contributed by atoms with Gasteiger partial charge in [-0.1, -0.05) is 141 Å². The van der Waals surface area contributed by atoms with Gasteiger partial charge in [-0.2, -0.15) is 0 Å². The molecule has 1 fully saturated rings. The van der Waals surface area contributed by atoms with E-state index in [1.807, 2.05) is 54.5 Å². The van der Waals surface area contributed by atoms with Gasteiger partial charge in [0, 0.05) is 84.3 Å². The first-order valence-electron chi connectivity index (χ1n) is 36.2. The molecular weight excluding hydrogens is 1250 g/mol. The number of nitrogens with zero attached hydrogens (tertiary/aromatic N) is 4. The maximum absolute atomic E-state index is 14.9. The molecule has 0 aromatic carbocycles. The summed E-state index contributed by atoms with van der Waals surface area (Å²) >= 11 is 0. The van der Waals surface area contributed by atoms with Crippen LogP contribution in [0.15, 0.2) is 36.5 Å². The van der Waals surface area contributed by atoms with E-state index in [-0.39, 0.29) is 81.8 Å². The predicted molar refractivity (Wildman–Crippen MR) is 386 cm³/mol. The summed E-state index contributed by atoms with van der Waals surface area (Å²) in [7, 11) is 6.02.